The molecule has 0 spiro atoms. The van der Waals surface area contributed by atoms with Gasteiger partial charge in [0.1, 0.15) is 5.82 Å². The molecule has 1 saturated carbocycles. The van der Waals surface area contributed by atoms with Gasteiger partial charge in [0.2, 0.25) is 0 Å². The summed E-state index contributed by atoms with van der Waals surface area (Å²) in [5.74, 6) is 1.68. The molecule has 2 aromatic heterocycles. The highest BCUT2D eigenvalue weighted by Crippen LogP contribution is 2.33. The molecular weight excluding hydrogens is 427 g/mol. The van der Waals surface area contributed by atoms with E-state index >= 15 is 0 Å². The molecule has 3 aromatic rings. The number of hydrogen-bond acceptors (Lipinski definition) is 4. The summed E-state index contributed by atoms with van der Waals surface area (Å²) in [6.45, 7) is 3.50. The molecule has 1 saturated heterocycles. The fourth-order valence-corrected chi connectivity index (χ4v) is 4.39. The van der Waals surface area contributed by atoms with E-state index in [0.717, 1.165) is 42.9 Å². The first kappa shape index (κ1) is 20.6. The third kappa shape index (κ3) is 4.36. The third-order valence-electron chi connectivity index (χ3n) is 6.14. The SMILES string of the molecule is FC(F)(F)c1cccc(N2CCN(Cc3ccn4c(CC5CC5)nnc4c3Cl)CC2)c1. The van der Waals surface area contributed by atoms with Crippen molar-refractivity contribution in [2.24, 2.45) is 5.92 Å². The number of nitrogens with zero attached hydrogens (tertiary/aromatic N) is 5. The minimum atomic E-state index is -4.33. The maximum Gasteiger partial charge on any atom is 0.416 e. The molecule has 1 aliphatic heterocycles. The van der Waals surface area contributed by atoms with Crippen molar-refractivity contribution in [3.05, 3.63) is 58.5 Å². The second kappa shape index (κ2) is 7.98. The number of benzene rings is 1. The average Bonchev–Trinajstić information content (AvgIpc) is 3.48. The number of alkyl halides is 3. The van der Waals surface area contributed by atoms with Gasteiger partial charge in [-0.1, -0.05) is 17.7 Å². The maximum absolute atomic E-state index is 13.0. The van der Waals surface area contributed by atoms with Gasteiger partial charge in [0, 0.05) is 51.0 Å². The van der Waals surface area contributed by atoms with Gasteiger partial charge in [-0.25, -0.2) is 0 Å². The summed E-state index contributed by atoms with van der Waals surface area (Å²) in [5.41, 5.74) is 1.69. The average molecular weight is 450 g/mol. The smallest absolute Gasteiger partial charge is 0.369 e. The van der Waals surface area contributed by atoms with Crippen LogP contribution in [0.15, 0.2) is 36.5 Å². The van der Waals surface area contributed by atoms with Gasteiger partial charge in [-0.3, -0.25) is 9.30 Å². The van der Waals surface area contributed by atoms with Crippen LogP contribution >= 0.6 is 11.6 Å². The first-order valence-electron chi connectivity index (χ1n) is 10.5. The summed E-state index contributed by atoms with van der Waals surface area (Å²) in [5, 5.41) is 9.24. The molecule has 3 heterocycles. The molecule has 0 bridgehead atoms. The lowest BCUT2D eigenvalue weighted by molar-refractivity contribution is -0.137. The van der Waals surface area contributed by atoms with Gasteiger partial charge in [-0.15, -0.1) is 10.2 Å². The van der Waals surface area contributed by atoms with Crippen LogP contribution in [0.4, 0.5) is 18.9 Å². The topological polar surface area (TPSA) is 36.7 Å². The highest BCUT2D eigenvalue weighted by atomic mass is 35.5. The molecule has 31 heavy (non-hydrogen) atoms. The Morgan fingerprint density at radius 3 is 2.52 bits per heavy atom. The van der Waals surface area contributed by atoms with Crippen molar-refractivity contribution in [2.45, 2.75) is 32.0 Å². The van der Waals surface area contributed by atoms with E-state index < -0.39 is 11.7 Å². The van der Waals surface area contributed by atoms with Gasteiger partial charge in [0.05, 0.1) is 10.6 Å². The molecule has 2 aliphatic rings. The lowest BCUT2D eigenvalue weighted by Gasteiger charge is -2.36. The number of hydrogen-bond donors (Lipinski definition) is 0. The van der Waals surface area contributed by atoms with Crippen LogP contribution in [-0.4, -0.2) is 45.7 Å². The first-order valence-corrected chi connectivity index (χ1v) is 10.9. The fraction of sp³-hybridized carbons (Fsp3) is 0.455. The largest absolute Gasteiger partial charge is 0.416 e. The summed E-state index contributed by atoms with van der Waals surface area (Å²) < 4.78 is 41.0. The van der Waals surface area contributed by atoms with Crippen LogP contribution in [0.3, 0.4) is 0 Å². The molecule has 0 N–H and O–H groups in total. The zero-order valence-corrected chi connectivity index (χ0v) is 17.7. The van der Waals surface area contributed by atoms with Crippen LogP contribution in [0.1, 0.15) is 29.8 Å². The minimum absolute atomic E-state index is 0.609. The van der Waals surface area contributed by atoms with Crippen LogP contribution < -0.4 is 4.90 Å². The maximum atomic E-state index is 13.0. The van der Waals surface area contributed by atoms with Crippen molar-refractivity contribution in [3.8, 4) is 0 Å². The van der Waals surface area contributed by atoms with E-state index in [1.54, 1.807) is 6.07 Å². The first-order chi connectivity index (χ1) is 14.9. The standard InChI is InChI=1S/C22H23ClF3N5/c23-20-16(6-7-31-19(12-15-4-5-15)27-28-21(20)31)14-29-8-10-30(11-9-29)18-3-1-2-17(13-18)22(24,25)26/h1-3,6-7,13,15H,4-5,8-12,14H2. The monoisotopic (exact) mass is 449 g/mol. The van der Waals surface area contributed by atoms with Gasteiger partial charge < -0.3 is 4.90 Å². The molecule has 0 amide bonds. The lowest BCUT2D eigenvalue weighted by Crippen LogP contribution is -2.46. The highest BCUT2D eigenvalue weighted by Gasteiger charge is 2.31. The van der Waals surface area contributed by atoms with E-state index in [4.69, 9.17) is 11.6 Å². The van der Waals surface area contributed by atoms with Crippen LogP contribution in [0.5, 0.6) is 0 Å². The fourth-order valence-electron chi connectivity index (χ4n) is 4.14. The Kier molecular flexibility index (Phi) is 5.30. The zero-order valence-electron chi connectivity index (χ0n) is 16.9. The van der Waals surface area contributed by atoms with Gasteiger partial charge in [-0.05, 0) is 48.6 Å². The molecule has 9 heteroatoms. The normalized spacial score (nSPS) is 18.1. The van der Waals surface area contributed by atoms with E-state index in [-0.39, 0.29) is 0 Å². The van der Waals surface area contributed by atoms with Crippen LogP contribution in [0.2, 0.25) is 5.02 Å². The predicted molar refractivity (Wildman–Crippen MR) is 113 cm³/mol. The number of rotatable bonds is 5. The number of halogens is 4. The molecule has 2 fully saturated rings. The molecular formula is C22H23ClF3N5. The van der Waals surface area contributed by atoms with Crippen molar-refractivity contribution >= 4 is 22.9 Å². The van der Waals surface area contributed by atoms with E-state index in [1.165, 1.54) is 25.0 Å². The second-order valence-corrected chi connectivity index (χ2v) is 8.80. The molecule has 0 radical (unpaired) electrons. The lowest BCUT2D eigenvalue weighted by atomic mass is 10.1. The number of anilines is 1. The summed E-state index contributed by atoms with van der Waals surface area (Å²) in [6.07, 6.45) is 1.12. The second-order valence-electron chi connectivity index (χ2n) is 8.42. The summed E-state index contributed by atoms with van der Waals surface area (Å²) >= 11 is 6.64. The Morgan fingerprint density at radius 1 is 1.03 bits per heavy atom. The van der Waals surface area contributed by atoms with Gasteiger partial charge in [-0.2, -0.15) is 13.2 Å². The van der Waals surface area contributed by atoms with Crippen LogP contribution in [0, 0.1) is 5.92 Å². The van der Waals surface area contributed by atoms with Gasteiger partial charge in [0.25, 0.3) is 0 Å². The molecule has 1 aromatic carbocycles. The molecule has 0 atom stereocenters. The Hall–Kier alpha value is -2.32. The van der Waals surface area contributed by atoms with Gasteiger partial charge >= 0.3 is 6.18 Å². The zero-order chi connectivity index (χ0) is 21.6. The quantitative estimate of drug-likeness (QED) is 0.567. The number of fused-ring (bicyclic) bond motifs is 1. The van der Waals surface area contributed by atoms with Crippen molar-refractivity contribution in [3.63, 3.8) is 0 Å². The van der Waals surface area contributed by atoms with E-state index in [9.17, 15) is 13.2 Å². The highest BCUT2D eigenvalue weighted by molar-refractivity contribution is 6.34. The number of pyridine rings is 1. The molecule has 5 rings (SSSR count). The van der Waals surface area contributed by atoms with Crippen LogP contribution in [0.25, 0.3) is 5.65 Å². The number of piperazine rings is 1. The Morgan fingerprint density at radius 2 is 1.81 bits per heavy atom. The Bertz CT molecular complexity index is 1080. The third-order valence-corrected chi connectivity index (χ3v) is 6.55. The van der Waals surface area contributed by atoms with E-state index in [0.29, 0.717) is 36.0 Å². The van der Waals surface area contributed by atoms with Crippen molar-refractivity contribution in [2.75, 3.05) is 31.1 Å². The van der Waals surface area contributed by atoms with E-state index in [2.05, 4.69) is 15.1 Å². The Balaban J connectivity index is 1.24. The molecule has 5 nitrogen and oxygen atoms in total. The molecule has 0 unspecified atom stereocenters. The van der Waals surface area contributed by atoms with Crippen molar-refractivity contribution in [1.29, 1.82) is 0 Å². The van der Waals surface area contributed by atoms with Gasteiger partial charge in [0.15, 0.2) is 5.65 Å². The molecule has 1 aliphatic carbocycles. The summed E-state index contributed by atoms with van der Waals surface area (Å²) in [6, 6.07) is 7.56. The summed E-state index contributed by atoms with van der Waals surface area (Å²) in [4.78, 5) is 4.27. The number of aromatic nitrogens is 3. The van der Waals surface area contributed by atoms with Crippen molar-refractivity contribution in [1.82, 2.24) is 19.5 Å². The summed E-state index contributed by atoms with van der Waals surface area (Å²) in [7, 11) is 0. The minimum Gasteiger partial charge on any atom is -0.369 e. The predicted octanol–water partition coefficient (Wildman–Crippen LogP) is 4.68. The van der Waals surface area contributed by atoms with Crippen molar-refractivity contribution < 1.29 is 13.2 Å². The Labute approximate surface area is 183 Å². The molecule has 164 valence electrons. The van der Waals surface area contributed by atoms with Crippen LogP contribution in [-0.2, 0) is 19.1 Å². The van der Waals surface area contributed by atoms with E-state index in [1.807, 2.05) is 21.6 Å².